The van der Waals surface area contributed by atoms with Crippen molar-refractivity contribution >= 4 is 5.95 Å². The largest absolute Gasteiger partial charge is 0.376 e. The van der Waals surface area contributed by atoms with Crippen molar-refractivity contribution in [2.24, 2.45) is 7.05 Å². The van der Waals surface area contributed by atoms with Crippen molar-refractivity contribution in [1.29, 1.82) is 0 Å². The lowest BCUT2D eigenvalue weighted by molar-refractivity contribution is -0.0409. The van der Waals surface area contributed by atoms with E-state index in [1.165, 1.54) is 0 Å². The van der Waals surface area contributed by atoms with E-state index in [9.17, 15) is 0 Å². The Morgan fingerprint density at radius 2 is 2.25 bits per heavy atom. The smallest absolute Gasteiger partial charge is 0.227 e. The van der Waals surface area contributed by atoms with Gasteiger partial charge >= 0.3 is 0 Å². The summed E-state index contributed by atoms with van der Waals surface area (Å²) in [5.74, 6) is 1.77. The van der Waals surface area contributed by atoms with Crippen LogP contribution in [0.4, 0.5) is 5.95 Å². The fourth-order valence-electron chi connectivity index (χ4n) is 2.81. The van der Waals surface area contributed by atoms with E-state index in [4.69, 9.17) is 9.47 Å². The molecule has 0 spiro atoms. The Kier molecular flexibility index (Phi) is 5.15. The minimum atomic E-state index is 0.0651. The molecule has 8 nitrogen and oxygen atoms in total. The van der Waals surface area contributed by atoms with Gasteiger partial charge in [-0.05, 0) is 26.8 Å². The second-order valence-corrected chi connectivity index (χ2v) is 6.52. The second kappa shape index (κ2) is 7.31. The summed E-state index contributed by atoms with van der Waals surface area (Å²) in [4.78, 5) is 2.21. The highest BCUT2D eigenvalue weighted by atomic mass is 16.5. The highest BCUT2D eigenvalue weighted by Crippen LogP contribution is 2.17. The van der Waals surface area contributed by atoms with Crippen molar-refractivity contribution in [3.8, 4) is 0 Å². The van der Waals surface area contributed by atoms with Gasteiger partial charge in [0, 0.05) is 25.8 Å². The maximum absolute atomic E-state index is 5.79. The van der Waals surface area contributed by atoms with Gasteiger partial charge in [0.1, 0.15) is 5.82 Å². The van der Waals surface area contributed by atoms with Crippen molar-refractivity contribution in [1.82, 2.24) is 25.0 Å². The van der Waals surface area contributed by atoms with Crippen LogP contribution in [0.15, 0.2) is 6.07 Å². The van der Waals surface area contributed by atoms with Gasteiger partial charge in [-0.2, -0.15) is 5.10 Å². The number of aromatic nitrogens is 5. The van der Waals surface area contributed by atoms with Crippen molar-refractivity contribution in [3.63, 3.8) is 0 Å². The number of ether oxygens (including phenoxy) is 2. The monoisotopic (exact) mass is 334 g/mol. The molecule has 132 valence electrons. The molecular weight excluding hydrogens is 308 g/mol. The number of hydrogen-bond acceptors (Lipinski definition) is 6. The molecule has 1 aliphatic rings. The van der Waals surface area contributed by atoms with Crippen LogP contribution in [0.1, 0.15) is 31.1 Å². The van der Waals surface area contributed by atoms with Crippen LogP contribution in [0.2, 0.25) is 0 Å². The molecule has 0 aromatic carbocycles. The molecule has 0 amide bonds. The van der Waals surface area contributed by atoms with Crippen LogP contribution in [0, 0.1) is 6.92 Å². The predicted octanol–water partition coefficient (Wildman–Crippen LogP) is 1.07. The first-order chi connectivity index (χ1) is 11.5. The van der Waals surface area contributed by atoms with E-state index in [0.29, 0.717) is 19.6 Å². The van der Waals surface area contributed by atoms with Gasteiger partial charge in [-0.3, -0.25) is 5.10 Å². The van der Waals surface area contributed by atoms with E-state index in [2.05, 4.69) is 25.3 Å². The van der Waals surface area contributed by atoms with Gasteiger partial charge in [-0.1, -0.05) is 0 Å². The standard InChI is InChI=1S/C16H26N6O2/c1-11(2)24-10-14-9-22(5-6-23-14)16-20-19-15(21(16)4)8-13-7-12(3)17-18-13/h7,11,14H,5-6,8-10H2,1-4H3,(H,17,18). The average Bonchev–Trinajstić information content (AvgIpc) is 3.12. The Morgan fingerprint density at radius 1 is 1.42 bits per heavy atom. The number of hydrogen-bond donors (Lipinski definition) is 1. The van der Waals surface area contributed by atoms with Crippen molar-refractivity contribution in [3.05, 3.63) is 23.3 Å². The Bertz CT molecular complexity index is 665. The van der Waals surface area contributed by atoms with Crippen LogP contribution in [-0.4, -0.2) is 63.5 Å². The third-order valence-electron chi connectivity index (χ3n) is 4.08. The number of aromatic amines is 1. The summed E-state index contributed by atoms with van der Waals surface area (Å²) >= 11 is 0. The van der Waals surface area contributed by atoms with Gasteiger partial charge in [0.05, 0.1) is 37.5 Å². The summed E-state index contributed by atoms with van der Waals surface area (Å²) < 4.78 is 13.5. The fourth-order valence-corrected chi connectivity index (χ4v) is 2.81. The van der Waals surface area contributed by atoms with Gasteiger partial charge < -0.3 is 18.9 Å². The van der Waals surface area contributed by atoms with Gasteiger partial charge in [0.2, 0.25) is 5.95 Å². The molecule has 8 heteroatoms. The predicted molar refractivity (Wildman–Crippen MR) is 90.2 cm³/mol. The van der Waals surface area contributed by atoms with Crippen LogP contribution in [0.3, 0.4) is 0 Å². The van der Waals surface area contributed by atoms with Crippen LogP contribution < -0.4 is 4.90 Å². The van der Waals surface area contributed by atoms with Gasteiger partial charge in [0.15, 0.2) is 0 Å². The number of rotatable bonds is 6. The van der Waals surface area contributed by atoms with Crippen molar-refractivity contribution in [2.45, 2.75) is 39.4 Å². The van der Waals surface area contributed by atoms with E-state index in [1.807, 2.05) is 38.5 Å². The second-order valence-electron chi connectivity index (χ2n) is 6.52. The average molecular weight is 334 g/mol. The Morgan fingerprint density at radius 3 is 2.96 bits per heavy atom. The molecule has 2 aromatic heterocycles. The third kappa shape index (κ3) is 3.93. The zero-order valence-corrected chi connectivity index (χ0v) is 14.8. The number of aryl methyl sites for hydroxylation is 1. The molecule has 0 saturated carbocycles. The molecule has 1 unspecified atom stereocenters. The Balaban J connectivity index is 1.66. The molecule has 0 bridgehead atoms. The van der Waals surface area contributed by atoms with Gasteiger partial charge in [-0.15, -0.1) is 10.2 Å². The molecule has 1 aliphatic heterocycles. The Hall–Kier alpha value is -1.93. The van der Waals surface area contributed by atoms with Crippen LogP contribution in [0.25, 0.3) is 0 Å². The molecular formula is C16H26N6O2. The summed E-state index contributed by atoms with van der Waals surface area (Å²) in [6.07, 6.45) is 0.941. The zero-order chi connectivity index (χ0) is 17.1. The molecule has 1 fully saturated rings. The van der Waals surface area contributed by atoms with Crippen molar-refractivity contribution < 1.29 is 9.47 Å². The first-order valence-electron chi connectivity index (χ1n) is 8.40. The van der Waals surface area contributed by atoms with Crippen LogP contribution in [-0.2, 0) is 22.9 Å². The van der Waals surface area contributed by atoms with E-state index in [-0.39, 0.29) is 12.2 Å². The van der Waals surface area contributed by atoms with Gasteiger partial charge in [-0.25, -0.2) is 0 Å². The first kappa shape index (κ1) is 16.9. The highest BCUT2D eigenvalue weighted by molar-refractivity contribution is 5.32. The molecule has 0 aliphatic carbocycles. The summed E-state index contributed by atoms with van der Waals surface area (Å²) in [5.41, 5.74) is 2.02. The van der Waals surface area contributed by atoms with E-state index in [1.54, 1.807) is 0 Å². The van der Waals surface area contributed by atoms with Crippen molar-refractivity contribution in [2.75, 3.05) is 31.2 Å². The number of nitrogens with one attached hydrogen (secondary N) is 1. The minimum absolute atomic E-state index is 0.0651. The van der Waals surface area contributed by atoms with Gasteiger partial charge in [0.25, 0.3) is 0 Å². The lowest BCUT2D eigenvalue weighted by atomic mass is 10.3. The molecule has 0 radical (unpaired) electrons. The highest BCUT2D eigenvalue weighted by Gasteiger charge is 2.25. The maximum Gasteiger partial charge on any atom is 0.227 e. The normalized spacial score (nSPS) is 18.5. The molecule has 1 atom stereocenters. The van der Waals surface area contributed by atoms with E-state index >= 15 is 0 Å². The van der Waals surface area contributed by atoms with Crippen LogP contribution >= 0.6 is 0 Å². The minimum Gasteiger partial charge on any atom is -0.376 e. The number of nitrogens with zero attached hydrogens (tertiary/aromatic N) is 5. The summed E-state index contributed by atoms with van der Waals surface area (Å²) in [7, 11) is 2.00. The summed E-state index contributed by atoms with van der Waals surface area (Å²) in [6, 6.07) is 2.03. The molecule has 1 saturated heterocycles. The zero-order valence-electron chi connectivity index (χ0n) is 14.8. The lowest BCUT2D eigenvalue weighted by Crippen LogP contribution is -2.45. The molecule has 3 heterocycles. The SMILES string of the molecule is Cc1cc(Cc2nnc(N3CCOC(COC(C)C)C3)n2C)n[nH]1. The molecule has 1 N–H and O–H groups in total. The fraction of sp³-hybridized carbons (Fsp3) is 0.688. The van der Waals surface area contributed by atoms with Crippen LogP contribution in [0.5, 0.6) is 0 Å². The number of morpholine rings is 1. The maximum atomic E-state index is 5.79. The Labute approximate surface area is 142 Å². The summed E-state index contributed by atoms with van der Waals surface area (Å²) in [6.45, 7) is 8.91. The van der Waals surface area contributed by atoms with E-state index < -0.39 is 0 Å². The molecule has 3 rings (SSSR count). The molecule has 24 heavy (non-hydrogen) atoms. The number of anilines is 1. The van der Waals surface area contributed by atoms with E-state index in [0.717, 1.165) is 36.3 Å². The topological polar surface area (TPSA) is 81.1 Å². The quantitative estimate of drug-likeness (QED) is 0.851. The molecule has 2 aromatic rings. The third-order valence-corrected chi connectivity index (χ3v) is 4.08. The first-order valence-corrected chi connectivity index (χ1v) is 8.40. The lowest BCUT2D eigenvalue weighted by Gasteiger charge is -2.33. The summed E-state index contributed by atoms with van der Waals surface area (Å²) in [5, 5.41) is 15.9. The number of H-pyrrole nitrogens is 1.